The zero-order chi connectivity index (χ0) is 19.6. The third kappa shape index (κ3) is 4.70. The van der Waals surface area contributed by atoms with E-state index in [4.69, 9.17) is 0 Å². The number of amides is 1. The third-order valence-electron chi connectivity index (χ3n) is 5.66. The molecule has 1 aromatic rings. The zero-order valence-corrected chi connectivity index (χ0v) is 17.5. The van der Waals surface area contributed by atoms with E-state index in [-0.39, 0.29) is 5.91 Å². The lowest BCUT2D eigenvalue weighted by Crippen LogP contribution is -2.52. The molecule has 7 heteroatoms. The highest BCUT2D eigenvalue weighted by Gasteiger charge is 2.31. The van der Waals surface area contributed by atoms with Gasteiger partial charge in [-0.1, -0.05) is 19.1 Å². The Morgan fingerprint density at radius 3 is 2.48 bits per heavy atom. The van der Waals surface area contributed by atoms with E-state index in [1.807, 2.05) is 30.9 Å². The van der Waals surface area contributed by atoms with Crippen LogP contribution in [0.3, 0.4) is 0 Å². The smallest absolute Gasteiger partial charge is 0.243 e. The molecule has 3 rings (SSSR count). The van der Waals surface area contributed by atoms with Gasteiger partial charge in [-0.2, -0.15) is 4.31 Å². The van der Waals surface area contributed by atoms with Crippen molar-refractivity contribution in [2.24, 2.45) is 5.92 Å². The van der Waals surface area contributed by atoms with Crippen LogP contribution in [0.15, 0.2) is 23.1 Å². The van der Waals surface area contributed by atoms with Crippen LogP contribution in [0, 0.1) is 19.8 Å². The first kappa shape index (κ1) is 20.3. The molecule has 2 fully saturated rings. The van der Waals surface area contributed by atoms with Gasteiger partial charge in [0.15, 0.2) is 0 Å². The zero-order valence-electron chi connectivity index (χ0n) is 16.6. The first-order valence-electron chi connectivity index (χ1n) is 9.85. The predicted octanol–water partition coefficient (Wildman–Crippen LogP) is 1.87. The van der Waals surface area contributed by atoms with Crippen molar-refractivity contribution in [2.45, 2.75) is 38.5 Å². The Labute approximate surface area is 163 Å². The molecule has 0 spiro atoms. The number of rotatable bonds is 4. The number of likely N-dealkylation sites (tertiary alicyclic amines) is 1. The minimum Gasteiger partial charge on any atom is -0.341 e. The number of carbonyl (C=O) groups is 1. The quantitative estimate of drug-likeness (QED) is 0.784. The van der Waals surface area contributed by atoms with Crippen LogP contribution in [0.2, 0.25) is 0 Å². The van der Waals surface area contributed by atoms with Gasteiger partial charge in [0.05, 0.1) is 11.4 Å². The Kier molecular flexibility index (Phi) is 6.23. The van der Waals surface area contributed by atoms with Crippen molar-refractivity contribution in [3.05, 3.63) is 29.3 Å². The molecule has 150 valence electrons. The first-order valence-corrected chi connectivity index (χ1v) is 11.3. The molecule has 0 saturated carbocycles. The molecular weight excluding hydrogens is 362 g/mol. The van der Waals surface area contributed by atoms with Gasteiger partial charge in [-0.25, -0.2) is 8.42 Å². The second-order valence-corrected chi connectivity index (χ2v) is 9.94. The number of sulfonamides is 1. The predicted molar refractivity (Wildman–Crippen MR) is 106 cm³/mol. The molecule has 1 atom stereocenters. The molecule has 1 amide bonds. The molecule has 2 aliphatic rings. The maximum Gasteiger partial charge on any atom is 0.243 e. The van der Waals surface area contributed by atoms with Crippen LogP contribution in [0.25, 0.3) is 0 Å². The van der Waals surface area contributed by atoms with E-state index < -0.39 is 10.0 Å². The summed E-state index contributed by atoms with van der Waals surface area (Å²) in [4.78, 5) is 17.0. The van der Waals surface area contributed by atoms with Crippen LogP contribution >= 0.6 is 0 Å². The summed E-state index contributed by atoms with van der Waals surface area (Å²) in [5.41, 5.74) is 1.72. The highest BCUT2D eigenvalue weighted by atomic mass is 32.2. The number of benzene rings is 1. The van der Waals surface area contributed by atoms with E-state index in [1.54, 1.807) is 10.4 Å². The van der Waals surface area contributed by atoms with Crippen molar-refractivity contribution in [3.8, 4) is 0 Å². The van der Waals surface area contributed by atoms with Crippen molar-refractivity contribution in [1.82, 2.24) is 14.1 Å². The summed E-state index contributed by atoms with van der Waals surface area (Å²) in [7, 11) is -3.48. The van der Waals surface area contributed by atoms with Gasteiger partial charge in [0.25, 0.3) is 0 Å². The average molecular weight is 394 g/mol. The standard InChI is InChI=1S/C20H31N3O3S/c1-16-6-7-18(3)19(13-16)27(25,26)23-11-9-21(10-12-23)15-20(24)22-8-4-5-17(2)14-22/h6-7,13,17H,4-5,8-12,14-15H2,1-3H3/t17-/m1/s1. The van der Waals surface area contributed by atoms with Crippen LogP contribution in [0.4, 0.5) is 0 Å². The van der Waals surface area contributed by atoms with Gasteiger partial charge in [-0.05, 0) is 49.8 Å². The fourth-order valence-corrected chi connectivity index (χ4v) is 5.69. The van der Waals surface area contributed by atoms with E-state index in [0.29, 0.717) is 43.5 Å². The summed E-state index contributed by atoms with van der Waals surface area (Å²) in [6.45, 7) is 10.1. The topological polar surface area (TPSA) is 60.9 Å². The highest BCUT2D eigenvalue weighted by Crippen LogP contribution is 2.22. The molecule has 2 aliphatic heterocycles. The van der Waals surface area contributed by atoms with Gasteiger partial charge >= 0.3 is 0 Å². The van der Waals surface area contributed by atoms with Gasteiger partial charge in [0, 0.05) is 39.3 Å². The van der Waals surface area contributed by atoms with E-state index in [2.05, 4.69) is 11.8 Å². The Morgan fingerprint density at radius 1 is 1.11 bits per heavy atom. The number of aryl methyl sites for hydroxylation is 2. The van der Waals surface area contributed by atoms with E-state index in [9.17, 15) is 13.2 Å². The van der Waals surface area contributed by atoms with Crippen molar-refractivity contribution in [1.29, 1.82) is 0 Å². The SMILES string of the molecule is Cc1ccc(C)c(S(=O)(=O)N2CCN(CC(=O)N3CCC[C@@H](C)C3)CC2)c1. The molecule has 27 heavy (non-hydrogen) atoms. The number of piperazine rings is 1. The monoisotopic (exact) mass is 393 g/mol. The molecular formula is C20H31N3O3S. The normalized spacial score (nSPS) is 22.8. The maximum absolute atomic E-state index is 13.0. The molecule has 0 aliphatic carbocycles. The maximum atomic E-state index is 13.0. The lowest BCUT2D eigenvalue weighted by molar-refractivity contribution is -0.134. The number of nitrogens with zero attached hydrogens (tertiary/aromatic N) is 3. The molecule has 0 N–H and O–H groups in total. The Bertz CT molecular complexity index is 786. The van der Waals surface area contributed by atoms with Crippen LogP contribution < -0.4 is 0 Å². The van der Waals surface area contributed by atoms with Gasteiger partial charge in [0.2, 0.25) is 15.9 Å². The van der Waals surface area contributed by atoms with Crippen LogP contribution in [-0.2, 0) is 14.8 Å². The number of piperidine rings is 1. The fourth-order valence-electron chi connectivity index (χ4n) is 3.96. The van der Waals surface area contributed by atoms with Crippen molar-refractivity contribution < 1.29 is 13.2 Å². The van der Waals surface area contributed by atoms with Crippen molar-refractivity contribution >= 4 is 15.9 Å². The molecule has 0 unspecified atom stereocenters. The van der Waals surface area contributed by atoms with E-state index in [1.165, 1.54) is 6.42 Å². The molecule has 2 saturated heterocycles. The Balaban J connectivity index is 1.58. The summed E-state index contributed by atoms with van der Waals surface area (Å²) in [5.74, 6) is 0.745. The largest absolute Gasteiger partial charge is 0.341 e. The van der Waals surface area contributed by atoms with Gasteiger partial charge < -0.3 is 4.90 Å². The third-order valence-corrected chi connectivity index (χ3v) is 7.70. The van der Waals surface area contributed by atoms with Crippen molar-refractivity contribution in [3.63, 3.8) is 0 Å². The van der Waals surface area contributed by atoms with Crippen LogP contribution in [-0.4, -0.2) is 74.2 Å². The number of hydrogen-bond donors (Lipinski definition) is 0. The van der Waals surface area contributed by atoms with E-state index >= 15 is 0 Å². The van der Waals surface area contributed by atoms with Gasteiger partial charge in [0.1, 0.15) is 0 Å². The molecule has 2 heterocycles. The molecule has 1 aromatic carbocycles. The number of hydrogen-bond acceptors (Lipinski definition) is 4. The van der Waals surface area contributed by atoms with Gasteiger partial charge in [-0.15, -0.1) is 0 Å². The highest BCUT2D eigenvalue weighted by molar-refractivity contribution is 7.89. The van der Waals surface area contributed by atoms with Crippen LogP contribution in [0.1, 0.15) is 30.9 Å². The van der Waals surface area contributed by atoms with E-state index in [0.717, 1.165) is 30.6 Å². The van der Waals surface area contributed by atoms with Crippen LogP contribution in [0.5, 0.6) is 0 Å². The summed E-state index contributed by atoms with van der Waals surface area (Å²) in [6.07, 6.45) is 2.27. The fraction of sp³-hybridized carbons (Fsp3) is 0.650. The molecule has 0 aromatic heterocycles. The summed E-state index contributed by atoms with van der Waals surface area (Å²) >= 11 is 0. The second kappa shape index (κ2) is 8.29. The Morgan fingerprint density at radius 2 is 1.81 bits per heavy atom. The summed E-state index contributed by atoms with van der Waals surface area (Å²) < 4.78 is 27.6. The lowest BCUT2D eigenvalue weighted by atomic mass is 10.0. The van der Waals surface area contributed by atoms with Gasteiger partial charge in [-0.3, -0.25) is 9.69 Å². The first-order chi connectivity index (χ1) is 12.8. The second-order valence-electron chi connectivity index (χ2n) is 8.04. The lowest BCUT2D eigenvalue weighted by Gasteiger charge is -2.36. The Hall–Kier alpha value is -1.44. The van der Waals surface area contributed by atoms with Crippen molar-refractivity contribution in [2.75, 3.05) is 45.8 Å². The molecule has 0 radical (unpaired) electrons. The summed E-state index contributed by atoms with van der Waals surface area (Å²) in [6, 6.07) is 5.54. The molecule has 6 nitrogen and oxygen atoms in total. The molecule has 0 bridgehead atoms. The number of carbonyl (C=O) groups excluding carboxylic acids is 1. The minimum atomic E-state index is -3.48. The average Bonchev–Trinajstić information content (AvgIpc) is 2.64. The summed E-state index contributed by atoms with van der Waals surface area (Å²) in [5, 5.41) is 0. The minimum absolute atomic E-state index is 0.174.